The highest BCUT2D eigenvalue weighted by atomic mass is 16.4. The van der Waals surface area contributed by atoms with Gasteiger partial charge in [-0.25, -0.2) is 0 Å². The van der Waals surface area contributed by atoms with Gasteiger partial charge in [-0.15, -0.1) is 0 Å². The molecular formula is C41H61NO2. The van der Waals surface area contributed by atoms with E-state index in [-0.39, 0.29) is 17.8 Å². The fraction of sp³-hybridized carbons (Fsp3) is 0.634. The predicted molar refractivity (Wildman–Crippen MR) is 186 cm³/mol. The van der Waals surface area contributed by atoms with Crippen LogP contribution in [0, 0.1) is 23.7 Å². The van der Waals surface area contributed by atoms with Crippen LogP contribution in [0.15, 0.2) is 72.8 Å². The SMILES string of the molecule is NCC[C@H](CC[C@@H](CC=CCCC1CCCCC1)CCc1ccccc1)[C@H](CC(=O)O)CC1(c2ccccc2)CCCCC1. The lowest BCUT2D eigenvalue weighted by Gasteiger charge is -2.42. The van der Waals surface area contributed by atoms with Crippen LogP contribution in [0.2, 0.25) is 0 Å². The van der Waals surface area contributed by atoms with Gasteiger partial charge in [-0.1, -0.05) is 124 Å². The summed E-state index contributed by atoms with van der Waals surface area (Å²) in [6.07, 6.45) is 28.6. The summed E-state index contributed by atoms with van der Waals surface area (Å²) in [7, 11) is 0. The van der Waals surface area contributed by atoms with Gasteiger partial charge in [0.1, 0.15) is 0 Å². The summed E-state index contributed by atoms with van der Waals surface area (Å²) in [6, 6.07) is 21.9. The number of carboxylic acid groups (broad SMARTS) is 1. The molecule has 2 aliphatic carbocycles. The van der Waals surface area contributed by atoms with Gasteiger partial charge in [-0.05, 0) is 117 Å². The van der Waals surface area contributed by atoms with E-state index in [0.29, 0.717) is 18.4 Å². The van der Waals surface area contributed by atoms with E-state index in [0.717, 1.165) is 44.4 Å². The molecule has 2 fully saturated rings. The van der Waals surface area contributed by atoms with Gasteiger partial charge in [-0.3, -0.25) is 4.79 Å². The Morgan fingerprint density at radius 3 is 2.18 bits per heavy atom. The molecule has 0 aliphatic heterocycles. The van der Waals surface area contributed by atoms with Crippen molar-refractivity contribution in [1.82, 2.24) is 0 Å². The summed E-state index contributed by atoms with van der Waals surface area (Å²) in [5.74, 6) is 1.42. The van der Waals surface area contributed by atoms with E-state index < -0.39 is 5.97 Å². The molecule has 0 bridgehead atoms. The first-order valence-electron chi connectivity index (χ1n) is 18.2. The van der Waals surface area contributed by atoms with Crippen LogP contribution >= 0.6 is 0 Å². The zero-order valence-corrected chi connectivity index (χ0v) is 27.5. The quantitative estimate of drug-likeness (QED) is 0.158. The van der Waals surface area contributed by atoms with Gasteiger partial charge in [0.2, 0.25) is 0 Å². The van der Waals surface area contributed by atoms with Crippen LogP contribution in [0.4, 0.5) is 0 Å². The van der Waals surface area contributed by atoms with Crippen LogP contribution in [0.5, 0.6) is 0 Å². The van der Waals surface area contributed by atoms with Gasteiger partial charge < -0.3 is 10.8 Å². The Bertz CT molecular complexity index is 1070. The molecular weight excluding hydrogens is 538 g/mol. The van der Waals surface area contributed by atoms with Crippen LogP contribution in [-0.2, 0) is 16.6 Å². The molecule has 4 rings (SSSR count). The van der Waals surface area contributed by atoms with E-state index in [2.05, 4.69) is 72.8 Å². The summed E-state index contributed by atoms with van der Waals surface area (Å²) < 4.78 is 0. The Balaban J connectivity index is 1.43. The molecule has 0 spiro atoms. The second kappa shape index (κ2) is 19.2. The number of carbonyl (C=O) groups is 1. The lowest BCUT2D eigenvalue weighted by Crippen LogP contribution is -2.35. The van der Waals surface area contributed by atoms with Crippen LogP contribution in [0.1, 0.15) is 133 Å². The Morgan fingerprint density at radius 1 is 0.818 bits per heavy atom. The average molecular weight is 600 g/mol. The normalized spacial score (nSPS) is 19.5. The number of rotatable bonds is 19. The second-order valence-electron chi connectivity index (χ2n) is 14.4. The number of aliphatic carboxylic acids is 1. The topological polar surface area (TPSA) is 63.3 Å². The summed E-state index contributed by atoms with van der Waals surface area (Å²) in [5.41, 5.74) is 9.17. The minimum atomic E-state index is -0.655. The highest BCUT2D eigenvalue weighted by Crippen LogP contribution is 2.47. The van der Waals surface area contributed by atoms with Gasteiger partial charge in [0, 0.05) is 6.42 Å². The third-order valence-electron chi connectivity index (χ3n) is 11.2. The third-order valence-corrected chi connectivity index (χ3v) is 11.2. The average Bonchev–Trinajstić information content (AvgIpc) is 3.06. The van der Waals surface area contributed by atoms with Gasteiger partial charge in [-0.2, -0.15) is 0 Å². The molecule has 3 heteroatoms. The smallest absolute Gasteiger partial charge is 0.303 e. The Hall–Kier alpha value is -2.39. The molecule has 2 saturated carbocycles. The molecule has 0 aromatic heterocycles. The van der Waals surface area contributed by atoms with E-state index in [1.54, 1.807) is 0 Å². The Morgan fingerprint density at radius 2 is 1.50 bits per heavy atom. The standard InChI is InChI=1S/C41H61NO2/c42-31-28-37(38(32-40(43)44)33-41(29-14-5-15-30-41)39-22-12-4-13-23-39)27-26-36(25-24-35-19-9-3-10-20-35)21-11-2-8-18-34-16-6-1-7-17-34/h2-4,9-13,19-20,22-23,34,36-38H,1,5-8,14-18,21,24-33,42H2,(H,43,44)/t36-,37-,38+/m0/s1. The minimum absolute atomic E-state index is 0.0975. The molecule has 0 heterocycles. The van der Waals surface area contributed by atoms with Crippen molar-refractivity contribution in [2.75, 3.05) is 6.54 Å². The minimum Gasteiger partial charge on any atom is -0.481 e. The van der Waals surface area contributed by atoms with Crippen LogP contribution < -0.4 is 5.73 Å². The zero-order valence-electron chi connectivity index (χ0n) is 27.5. The van der Waals surface area contributed by atoms with Crippen molar-refractivity contribution in [2.24, 2.45) is 29.4 Å². The molecule has 242 valence electrons. The maximum atomic E-state index is 12.3. The molecule has 2 aromatic carbocycles. The second-order valence-corrected chi connectivity index (χ2v) is 14.4. The first kappa shape index (κ1) is 34.5. The van der Waals surface area contributed by atoms with E-state index in [1.807, 2.05) is 0 Å². The van der Waals surface area contributed by atoms with Gasteiger partial charge in [0.25, 0.3) is 0 Å². The summed E-state index contributed by atoms with van der Waals surface area (Å²) in [4.78, 5) is 12.3. The van der Waals surface area contributed by atoms with Gasteiger partial charge in [0.05, 0.1) is 0 Å². The number of nitrogens with two attached hydrogens (primary N) is 1. The number of aryl methyl sites for hydroxylation is 1. The lowest BCUT2D eigenvalue weighted by atomic mass is 9.62. The van der Waals surface area contributed by atoms with E-state index in [4.69, 9.17) is 5.73 Å². The van der Waals surface area contributed by atoms with Crippen molar-refractivity contribution in [3.8, 4) is 0 Å². The molecule has 2 aromatic rings. The van der Waals surface area contributed by atoms with E-state index >= 15 is 0 Å². The molecule has 3 nitrogen and oxygen atoms in total. The van der Waals surface area contributed by atoms with Crippen molar-refractivity contribution in [2.45, 2.75) is 134 Å². The monoisotopic (exact) mass is 599 g/mol. The van der Waals surface area contributed by atoms with E-state index in [1.165, 1.54) is 94.6 Å². The van der Waals surface area contributed by atoms with Crippen LogP contribution in [-0.4, -0.2) is 17.6 Å². The number of carboxylic acids is 1. The fourth-order valence-corrected chi connectivity index (χ4v) is 8.65. The fourth-order valence-electron chi connectivity index (χ4n) is 8.65. The number of hydrogen-bond acceptors (Lipinski definition) is 2. The molecule has 2 aliphatic rings. The lowest BCUT2D eigenvalue weighted by molar-refractivity contribution is -0.138. The summed E-state index contributed by atoms with van der Waals surface area (Å²) >= 11 is 0. The number of benzene rings is 2. The Kier molecular flexibility index (Phi) is 15.0. The van der Waals surface area contributed by atoms with E-state index in [9.17, 15) is 9.90 Å². The molecule has 0 amide bonds. The Labute approximate surface area is 269 Å². The maximum Gasteiger partial charge on any atom is 0.303 e. The van der Waals surface area contributed by atoms with Crippen molar-refractivity contribution >= 4 is 5.97 Å². The number of hydrogen-bond donors (Lipinski definition) is 2. The molecule has 0 saturated heterocycles. The van der Waals surface area contributed by atoms with Crippen LogP contribution in [0.25, 0.3) is 0 Å². The first-order chi connectivity index (χ1) is 21.6. The van der Waals surface area contributed by atoms with Crippen molar-refractivity contribution < 1.29 is 9.90 Å². The largest absolute Gasteiger partial charge is 0.481 e. The molecule has 0 unspecified atom stereocenters. The maximum absolute atomic E-state index is 12.3. The van der Waals surface area contributed by atoms with Gasteiger partial charge in [0.15, 0.2) is 0 Å². The zero-order chi connectivity index (χ0) is 30.9. The summed E-state index contributed by atoms with van der Waals surface area (Å²) in [6.45, 7) is 0.634. The molecule has 44 heavy (non-hydrogen) atoms. The highest BCUT2D eigenvalue weighted by molar-refractivity contribution is 5.67. The van der Waals surface area contributed by atoms with Crippen LogP contribution in [0.3, 0.4) is 0 Å². The first-order valence-corrected chi connectivity index (χ1v) is 18.2. The van der Waals surface area contributed by atoms with Crippen molar-refractivity contribution in [1.29, 1.82) is 0 Å². The van der Waals surface area contributed by atoms with Crippen molar-refractivity contribution in [3.63, 3.8) is 0 Å². The highest BCUT2D eigenvalue weighted by Gasteiger charge is 2.38. The molecule has 3 atom stereocenters. The number of allylic oxidation sites excluding steroid dienone is 2. The summed E-state index contributed by atoms with van der Waals surface area (Å²) in [5, 5.41) is 10.1. The molecule has 3 N–H and O–H groups in total. The molecule has 0 radical (unpaired) electrons. The third kappa shape index (κ3) is 11.5. The predicted octanol–water partition coefficient (Wildman–Crippen LogP) is 10.7. The van der Waals surface area contributed by atoms with Gasteiger partial charge >= 0.3 is 5.97 Å². The van der Waals surface area contributed by atoms with Crippen molar-refractivity contribution in [3.05, 3.63) is 83.9 Å².